The highest BCUT2D eigenvalue weighted by atomic mass is 16.6. The lowest BCUT2D eigenvalue weighted by Gasteiger charge is -2.15. The van der Waals surface area contributed by atoms with Crippen LogP contribution in [0.2, 0.25) is 0 Å². The molecular weight excluding hydrogens is 256 g/mol. The summed E-state index contributed by atoms with van der Waals surface area (Å²) in [7, 11) is 0. The van der Waals surface area contributed by atoms with Crippen molar-refractivity contribution < 1.29 is 20.1 Å². The van der Waals surface area contributed by atoms with E-state index in [1.807, 2.05) is 0 Å². The Balaban J connectivity index is 2.21. The molecule has 1 aromatic heterocycles. The van der Waals surface area contributed by atoms with Crippen molar-refractivity contribution in [3.63, 3.8) is 0 Å². The Morgan fingerprint density at radius 3 is 2.53 bits per heavy atom. The first-order valence-electron chi connectivity index (χ1n) is 5.87. The Morgan fingerprint density at radius 1 is 1.32 bits per heavy atom. The van der Waals surface area contributed by atoms with E-state index in [1.54, 1.807) is 6.92 Å². The van der Waals surface area contributed by atoms with Gasteiger partial charge in [-0.3, -0.25) is 14.3 Å². The highest BCUT2D eigenvalue weighted by molar-refractivity contribution is 5.01. The van der Waals surface area contributed by atoms with Gasteiger partial charge in [-0.15, -0.1) is 0 Å². The second-order valence-electron chi connectivity index (χ2n) is 4.60. The summed E-state index contributed by atoms with van der Waals surface area (Å²) in [5.74, 6) is 0. The molecule has 1 aromatic rings. The lowest BCUT2D eigenvalue weighted by atomic mass is 10.1. The Kier molecular flexibility index (Phi) is 3.85. The van der Waals surface area contributed by atoms with Crippen LogP contribution in [0.15, 0.2) is 15.8 Å². The maximum absolute atomic E-state index is 11.6. The van der Waals surface area contributed by atoms with Crippen LogP contribution in [0.3, 0.4) is 0 Å². The molecule has 8 heteroatoms. The average molecular weight is 272 g/mol. The van der Waals surface area contributed by atoms with Crippen molar-refractivity contribution in [3.05, 3.63) is 32.6 Å². The van der Waals surface area contributed by atoms with E-state index in [0.717, 1.165) is 0 Å². The molecule has 1 aliphatic rings. The summed E-state index contributed by atoms with van der Waals surface area (Å²) < 4.78 is 6.45. The number of ether oxygens (including phenoxy) is 1. The summed E-state index contributed by atoms with van der Waals surface area (Å²) in [4.78, 5) is 24.9. The topological polar surface area (TPSA) is 125 Å². The number of aliphatic hydroxyl groups excluding tert-OH is 3. The number of aliphatic hydroxyl groups is 3. The van der Waals surface area contributed by atoms with E-state index in [-0.39, 0.29) is 6.54 Å². The van der Waals surface area contributed by atoms with Gasteiger partial charge in [-0.05, 0) is 6.92 Å². The first-order valence-corrected chi connectivity index (χ1v) is 5.87. The Hall–Kier alpha value is -1.48. The van der Waals surface area contributed by atoms with Crippen LogP contribution in [0.1, 0.15) is 5.56 Å². The third-order valence-corrected chi connectivity index (χ3v) is 3.21. The number of hydrogen-bond donors (Lipinski definition) is 4. The number of nitrogens with zero attached hydrogens (tertiary/aromatic N) is 1. The molecule has 1 fully saturated rings. The number of rotatable bonds is 3. The SMILES string of the molecule is Cc1cn(C[C@H]2O[C@@H](CO)[C@H](O)[C@H]2O)c(=O)[nH]c1=O. The molecule has 8 nitrogen and oxygen atoms in total. The molecule has 0 amide bonds. The third kappa shape index (κ3) is 2.61. The van der Waals surface area contributed by atoms with Gasteiger partial charge in [-0.25, -0.2) is 4.79 Å². The Morgan fingerprint density at radius 2 is 1.95 bits per heavy atom. The number of aromatic amines is 1. The number of aryl methyl sites for hydroxylation is 1. The number of nitrogens with one attached hydrogen (secondary N) is 1. The van der Waals surface area contributed by atoms with E-state index >= 15 is 0 Å². The molecule has 4 atom stereocenters. The first-order chi connectivity index (χ1) is 8.93. The summed E-state index contributed by atoms with van der Waals surface area (Å²) in [5, 5.41) is 28.3. The molecule has 4 N–H and O–H groups in total. The molecule has 19 heavy (non-hydrogen) atoms. The fourth-order valence-electron chi connectivity index (χ4n) is 2.08. The fraction of sp³-hybridized carbons (Fsp3) is 0.636. The Labute approximate surface area is 107 Å². The highest BCUT2D eigenvalue weighted by Crippen LogP contribution is 2.21. The minimum absolute atomic E-state index is 0.0226. The quantitative estimate of drug-likeness (QED) is 0.475. The predicted molar refractivity (Wildman–Crippen MR) is 63.8 cm³/mol. The van der Waals surface area contributed by atoms with Gasteiger partial charge in [0, 0.05) is 11.8 Å². The van der Waals surface area contributed by atoms with Crippen LogP contribution < -0.4 is 11.2 Å². The lowest BCUT2D eigenvalue weighted by Crippen LogP contribution is -2.38. The zero-order valence-electron chi connectivity index (χ0n) is 10.3. The van der Waals surface area contributed by atoms with Crippen molar-refractivity contribution in [1.82, 2.24) is 9.55 Å². The molecule has 106 valence electrons. The van der Waals surface area contributed by atoms with Crippen molar-refractivity contribution in [2.45, 2.75) is 37.9 Å². The minimum Gasteiger partial charge on any atom is -0.394 e. The lowest BCUT2D eigenvalue weighted by molar-refractivity contribution is -0.0269. The van der Waals surface area contributed by atoms with Gasteiger partial charge in [0.15, 0.2) is 0 Å². The summed E-state index contributed by atoms with van der Waals surface area (Å²) in [6.07, 6.45) is -2.74. The van der Waals surface area contributed by atoms with Crippen LogP contribution in [0.5, 0.6) is 0 Å². The molecule has 1 aliphatic heterocycles. The monoisotopic (exact) mass is 272 g/mol. The zero-order valence-corrected chi connectivity index (χ0v) is 10.3. The minimum atomic E-state index is -1.20. The fourth-order valence-corrected chi connectivity index (χ4v) is 2.08. The molecule has 0 saturated carbocycles. The van der Waals surface area contributed by atoms with Crippen LogP contribution in [0, 0.1) is 6.92 Å². The molecule has 0 aromatic carbocycles. The zero-order chi connectivity index (χ0) is 14.2. The van der Waals surface area contributed by atoms with Crippen LogP contribution in [-0.2, 0) is 11.3 Å². The van der Waals surface area contributed by atoms with Gasteiger partial charge in [0.05, 0.1) is 13.2 Å². The summed E-state index contributed by atoms with van der Waals surface area (Å²) >= 11 is 0. The maximum atomic E-state index is 11.6. The molecule has 0 unspecified atom stereocenters. The summed E-state index contributed by atoms with van der Waals surface area (Å²) in [5.41, 5.74) is -0.734. The number of aromatic nitrogens is 2. The van der Waals surface area contributed by atoms with Crippen molar-refractivity contribution in [2.24, 2.45) is 0 Å². The van der Waals surface area contributed by atoms with Crippen LogP contribution in [0.4, 0.5) is 0 Å². The molecule has 0 radical (unpaired) electrons. The van der Waals surface area contributed by atoms with E-state index in [1.165, 1.54) is 10.8 Å². The maximum Gasteiger partial charge on any atom is 0.328 e. The molecule has 0 aliphatic carbocycles. The molecule has 0 spiro atoms. The van der Waals surface area contributed by atoms with E-state index in [0.29, 0.717) is 5.56 Å². The molecule has 0 bridgehead atoms. The standard InChI is InChI=1S/C11H16N2O6/c1-5-2-13(11(18)12-10(5)17)3-6-8(15)9(16)7(4-14)19-6/h2,6-9,14-16H,3-4H2,1H3,(H,12,17,18)/t6-,7+,8+,9+/m1/s1. The smallest absolute Gasteiger partial charge is 0.328 e. The van der Waals surface area contributed by atoms with Crippen molar-refractivity contribution in [1.29, 1.82) is 0 Å². The summed E-state index contributed by atoms with van der Waals surface area (Å²) in [6, 6.07) is 0. The normalized spacial score (nSPS) is 30.7. The van der Waals surface area contributed by atoms with Crippen LogP contribution >= 0.6 is 0 Å². The van der Waals surface area contributed by atoms with Gasteiger partial charge >= 0.3 is 5.69 Å². The van der Waals surface area contributed by atoms with Crippen molar-refractivity contribution in [2.75, 3.05) is 6.61 Å². The van der Waals surface area contributed by atoms with Gasteiger partial charge in [-0.1, -0.05) is 0 Å². The number of hydrogen-bond acceptors (Lipinski definition) is 6. The predicted octanol–water partition coefficient (Wildman–Crippen LogP) is -2.67. The van der Waals surface area contributed by atoms with Gasteiger partial charge < -0.3 is 20.1 Å². The Bertz CT molecular complexity index is 565. The van der Waals surface area contributed by atoms with Gasteiger partial charge in [0.1, 0.15) is 24.4 Å². The van der Waals surface area contributed by atoms with Crippen molar-refractivity contribution in [3.8, 4) is 0 Å². The molecule has 2 heterocycles. The molecule has 2 rings (SSSR count). The van der Waals surface area contributed by atoms with Crippen molar-refractivity contribution >= 4 is 0 Å². The van der Waals surface area contributed by atoms with E-state index in [9.17, 15) is 19.8 Å². The second kappa shape index (κ2) is 5.25. The van der Waals surface area contributed by atoms with Gasteiger partial charge in [0.2, 0.25) is 0 Å². The second-order valence-corrected chi connectivity index (χ2v) is 4.60. The van der Waals surface area contributed by atoms with Crippen LogP contribution in [0.25, 0.3) is 0 Å². The van der Waals surface area contributed by atoms with Crippen LogP contribution in [-0.4, -0.2) is 55.9 Å². The van der Waals surface area contributed by atoms with Gasteiger partial charge in [-0.2, -0.15) is 0 Å². The number of H-pyrrole nitrogens is 1. The van der Waals surface area contributed by atoms with Gasteiger partial charge in [0.25, 0.3) is 5.56 Å². The third-order valence-electron chi connectivity index (χ3n) is 3.21. The van der Waals surface area contributed by atoms with E-state index in [4.69, 9.17) is 9.84 Å². The highest BCUT2D eigenvalue weighted by Gasteiger charge is 2.42. The summed E-state index contributed by atoms with van der Waals surface area (Å²) in [6.45, 7) is 1.10. The largest absolute Gasteiger partial charge is 0.394 e. The van der Waals surface area contributed by atoms with E-state index in [2.05, 4.69) is 4.98 Å². The molecular formula is C11H16N2O6. The first kappa shape index (κ1) is 13.9. The molecule has 1 saturated heterocycles. The van der Waals surface area contributed by atoms with E-state index < -0.39 is 42.3 Å². The average Bonchev–Trinajstić information content (AvgIpc) is 2.63.